The molecule has 24 heavy (non-hydrogen) atoms. The lowest BCUT2D eigenvalue weighted by molar-refractivity contribution is 0.299. The van der Waals surface area contributed by atoms with E-state index in [9.17, 15) is 8.42 Å². The van der Waals surface area contributed by atoms with E-state index in [2.05, 4.69) is 29.4 Å². The van der Waals surface area contributed by atoms with Gasteiger partial charge in [-0.3, -0.25) is 9.89 Å². The predicted molar refractivity (Wildman–Crippen MR) is 115 cm³/mol. The van der Waals surface area contributed by atoms with E-state index in [1.54, 1.807) is 0 Å². The third kappa shape index (κ3) is 7.65. The van der Waals surface area contributed by atoms with E-state index in [1.165, 1.54) is 18.6 Å². The molecule has 6 nitrogen and oxygen atoms in total. The van der Waals surface area contributed by atoms with Crippen LogP contribution in [0.25, 0.3) is 0 Å². The number of nitrogens with zero attached hydrogens (tertiary/aromatic N) is 2. The summed E-state index contributed by atoms with van der Waals surface area (Å²) in [7, 11) is -2.79. The second-order valence-electron chi connectivity index (χ2n) is 6.52. The summed E-state index contributed by atoms with van der Waals surface area (Å²) in [5.74, 6) is 2.69. The lowest BCUT2D eigenvalue weighted by Gasteiger charge is -2.27. The van der Waals surface area contributed by atoms with Crippen molar-refractivity contribution in [1.82, 2.24) is 15.5 Å². The Kier molecular flexibility index (Phi) is 9.68. The summed E-state index contributed by atoms with van der Waals surface area (Å²) in [6.45, 7) is 8.98. The summed E-state index contributed by atoms with van der Waals surface area (Å²) in [6, 6.07) is 0. The zero-order chi connectivity index (χ0) is 16.8. The minimum absolute atomic E-state index is 0. The summed E-state index contributed by atoms with van der Waals surface area (Å²) in [5, 5.41) is 6.66. The van der Waals surface area contributed by atoms with Gasteiger partial charge in [-0.2, -0.15) is 11.8 Å². The van der Waals surface area contributed by atoms with Gasteiger partial charge >= 0.3 is 0 Å². The summed E-state index contributed by atoms with van der Waals surface area (Å²) >= 11 is 2.02. The summed E-state index contributed by atoms with van der Waals surface area (Å²) in [6.07, 6.45) is 2.53. The molecule has 0 aromatic rings. The number of rotatable bonds is 6. The van der Waals surface area contributed by atoms with E-state index in [0.29, 0.717) is 13.1 Å². The van der Waals surface area contributed by atoms with Crippen molar-refractivity contribution in [3.63, 3.8) is 0 Å². The van der Waals surface area contributed by atoms with Crippen molar-refractivity contribution in [2.45, 2.75) is 31.4 Å². The number of thioether (sulfide) groups is 1. The molecule has 0 saturated carbocycles. The first-order chi connectivity index (χ1) is 10.9. The smallest absolute Gasteiger partial charge is 0.191 e. The quantitative estimate of drug-likeness (QED) is 0.331. The Balaban J connectivity index is 0.00000288. The van der Waals surface area contributed by atoms with Gasteiger partial charge in [0.05, 0.1) is 18.1 Å². The van der Waals surface area contributed by atoms with E-state index >= 15 is 0 Å². The molecule has 2 aliphatic rings. The molecule has 1 atom stereocenters. The zero-order valence-corrected chi connectivity index (χ0v) is 18.7. The van der Waals surface area contributed by atoms with Crippen LogP contribution in [0.3, 0.4) is 0 Å². The van der Waals surface area contributed by atoms with E-state index in [4.69, 9.17) is 4.99 Å². The molecule has 2 rings (SSSR count). The number of sulfone groups is 1. The van der Waals surface area contributed by atoms with Gasteiger partial charge in [0.15, 0.2) is 15.8 Å². The van der Waals surface area contributed by atoms with Gasteiger partial charge in [0.2, 0.25) is 0 Å². The van der Waals surface area contributed by atoms with Crippen molar-refractivity contribution >= 4 is 51.5 Å². The number of nitrogens with one attached hydrogen (secondary N) is 2. The number of halogens is 1. The Hall–Kier alpha value is 0.260. The van der Waals surface area contributed by atoms with Gasteiger partial charge in [-0.15, -0.1) is 24.0 Å². The highest BCUT2D eigenvalue weighted by atomic mass is 127. The van der Waals surface area contributed by atoms with Crippen LogP contribution in [0, 0.1) is 0 Å². The molecule has 0 aliphatic carbocycles. The highest BCUT2D eigenvalue weighted by molar-refractivity contribution is 14.0. The molecule has 0 bridgehead atoms. The van der Waals surface area contributed by atoms with E-state index < -0.39 is 9.84 Å². The van der Waals surface area contributed by atoms with Crippen LogP contribution in [0.5, 0.6) is 0 Å². The van der Waals surface area contributed by atoms with Crippen LogP contribution in [-0.4, -0.2) is 80.6 Å². The Morgan fingerprint density at radius 3 is 2.58 bits per heavy atom. The normalized spacial score (nSPS) is 27.5. The van der Waals surface area contributed by atoms with E-state index in [1.807, 2.05) is 11.8 Å². The molecular weight excluding hydrogens is 459 g/mol. The van der Waals surface area contributed by atoms with Crippen molar-refractivity contribution in [3.05, 3.63) is 0 Å². The highest BCUT2D eigenvalue weighted by Gasteiger charge is 2.29. The molecule has 0 amide bonds. The Labute approximate surface area is 167 Å². The summed E-state index contributed by atoms with van der Waals surface area (Å²) in [4.78, 5) is 6.93. The average molecular weight is 490 g/mol. The molecule has 9 heteroatoms. The van der Waals surface area contributed by atoms with Crippen LogP contribution in [0.2, 0.25) is 0 Å². The fraction of sp³-hybridized carbons (Fsp3) is 0.933. The Morgan fingerprint density at radius 2 is 2.00 bits per heavy atom. The fourth-order valence-corrected chi connectivity index (χ4v) is 5.36. The third-order valence-electron chi connectivity index (χ3n) is 4.37. The molecule has 2 saturated heterocycles. The number of hydrogen-bond acceptors (Lipinski definition) is 5. The first kappa shape index (κ1) is 22.3. The maximum atomic E-state index is 11.4. The van der Waals surface area contributed by atoms with Crippen molar-refractivity contribution in [2.75, 3.05) is 56.5 Å². The molecule has 142 valence electrons. The van der Waals surface area contributed by atoms with Crippen LogP contribution in [-0.2, 0) is 9.84 Å². The second kappa shape index (κ2) is 10.4. The molecule has 0 aromatic carbocycles. The van der Waals surface area contributed by atoms with Crippen molar-refractivity contribution in [2.24, 2.45) is 4.99 Å². The van der Waals surface area contributed by atoms with Crippen molar-refractivity contribution < 1.29 is 8.42 Å². The Morgan fingerprint density at radius 1 is 1.29 bits per heavy atom. The van der Waals surface area contributed by atoms with Gasteiger partial charge in [-0.25, -0.2) is 8.42 Å². The zero-order valence-electron chi connectivity index (χ0n) is 14.7. The van der Waals surface area contributed by atoms with Gasteiger partial charge in [0.25, 0.3) is 0 Å². The number of aliphatic imine (C=N–C) groups is 1. The van der Waals surface area contributed by atoms with Gasteiger partial charge < -0.3 is 10.6 Å². The monoisotopic (exact) mass is 490 g/mol. The maximum absolute atomic E-state index is 11.4. The van der Waals surface area contributed by atoms with Crippen LogP contribution < -0.4 is 10.6 Å². The van der Waals surface area contributed by atoms with Crippen molar-refractivity contribution in [1.29, 1.82) is 0 Å². The van der Waals surface area contributed by atoms with Crippen LogP contribution in [0.15, 0.2) is 4.99 Å². The van der Waals surface area contributed by atoms with Gasteiger partial charge in [-0.1, -0.05) is 0 Å². The van der Waals surface area contributed by atoms with E-state index in [0.717, 1.165) is 32.1 Å². The lowest BCUT2D eigenvalue weighted by Crippen LogP contribution is -2.46. The molecule has 2 aliphatic heterocycles. The van der Waals surface area contributed by atoms with Crippen LogP contribution in [0.1, 0.15) is 26.7 Å². The Bertz CT molecular complexity index is 494. The minimum atomic E-state index is -2.79. The topological polar surface area (TPSA) is 73.8 Å². The van der Waals surface area contributed by atoms with Crippen LogP contribution >= 0.6 is 35.7 Å². The van der Waals surface area contributed by atoms with Crippen molar-refractivity contribution in [3.8, 4) is 0 Å². The predicted octanol–water partition coefficient (Wildman–Crippen LogP) is 1.18. The maximum Gasteiger partial charge on any atom is 0.191 e. The number of guanidine groups is 1. The van der Waals surface area contributed by atoms with Gasteiger partial charge in [-0.05, 0) is 32.4 Å². The third-order valence-corrected chi connectivity index (χ3v) is 7.51. The molecule has 2 fully saturated rings. The molecular formula is C15H31IN4O2S2. The summed E-state index contributed by atoms with van der Waals surface area (Å²) in [5.41, 5.74) is 0. The van der Waals surface area contributed by atoms with Crippen LogP contribution in [0.4, 0.5) is 0 Å². The lowest BCUT2D eigenvalue weighted by atomic mass is 10.1. The standard InChI is InChI=1S/C15H30N4O2S2.HI/c1-3-16-14(18-13-15(2)5-4-10-22-15)17-6-7-19-8-11-23(20,21)12-9-19;/h3-13H2,1-2H3,(H2,16,17,18);1H. The SMILES string of the molecule is CCNC(=NCC1(C)CCCS1)NCCN1CCS(=O)(=O)CC1.I. The average Bonchev–Trinajstić information content (AvgIpc) is 2.94. The van der Waals surface area contributed by atoms with E-state index in [-0.39, 0.29) is 40.2 Å². The highest BCUT2D eigenvalue weighted by Crippen LogP contribution is 2.37. The molecule has 0 radical (unpaired) electrons. The molecule has 2 N–H and O–H groups in total. The van der Waals surface area contributed by atoms with Gasteiger partial charge in [0, 0.05) is 37.5 Å². The molecule has 0 aromatic heterocycles. The second-order valence-corrected chi connectivity index (χ2v) is 10.5. The van der Waals surface area contributed by atoms with Gasteiger partial charge in [0.1, 0.15) is 0 Å². The first-order valence-electron chi connectivity index (χ1n) is 8.51. The molecule has 2 heterocycles. The number of hydrogen-bond donors (Lipinski definition) is 2. The molecule has 0 spiro atoms. The first-order valence-corrected chi connectivity index (χ1v) is 11.3. The summed E-state index contributed by atoms with van der Waals surface area (Å²) < 4.78 is 23.1. The largest absolute Gasteiger partial charge is 0.357 e. The fourth-order valence-electron chi connectivity index (χ4n) is 2.86. The molecule has 1 unspecified atom stereocenters. The minimum Gasteiger partial charge on any atom is -0.357 e.